The van der Waals surface area contributed by atoms with Crippen molar-refractivity contribution in [3.05, 3.63) is 35.7 Å². The Labute approximate surface area is 145 Å². The number of allylic oxidation sites excluding steroid dienone is 1. The molecule has 2 fully saturated rings. The van der Waals surface area contributed by atoms with E-state index in [1.54, 1.807) is 0 Å². The van der Waals surface area contributed by atoms with Crippen LogP contribution in [-0.4, -0.2) is 17.0 Å². The monoisotopic (exact) mass is 324 g/mol. The van der Waals surface area contributed by atoms with Crippen LogP contribution in [0.5, 0.6) is 0 Å². The van der Waals surface area contributed by atoms with E-state index in [0.29, 0.717) is 12.3 Å². The minimum absolute atomic E-state index is 0.0381. The van der Waals surface area contributed by atoms with E-state index in [4.69, 9.17) is 0 Å². The molecular weight excluding hydrogens is 296 g/mol. The third-order valence-corrected chi connectivity index (χ3v) is 6.83. The van der Waals surface area contributed by atoms with Crippen LogP contribution in [0.2, 0.25) is 0 Å². The minimum atomic E-state index is -0.0381. The van der Waals surface area contributed by atoms with Crippen LogP contribution >= 0.6 is 0 Å². The summed E-state index contributed by atoms with van der Waals surface area (Å²) in [6.45, 7) is 15.3. The summed E-state index contributed by atoms with van der Waals surface area (Å²) in [4.78, 5) is 21.8. The Morgan fingerprint density at radius 2 is 2.17 bits per heavy atom. The first kappa shape index (κ1) is 17.1. The molecule has 1 heterocycles. The van der Waals surface area contributed by atoms with Gasteiger partial charge in [-0.25, -0.2) is 0 Å². The van der Waals surface area contributed by atoms with Crippen molar-refractivity contribution in [3.63, 3.8) is 0 Å². The molecule has 2 bridgehead atoms. The number of fused-ring (bicyclic) bond motifs is 2. The maximum Gasteiger partial charge on any atom is 0.145 e. The molecule has 2 saturated carbocycles. The summed E-state index contributed by atoms with van der Waals surface area (Å²) < 4.78 is 0. The molecule has 0 spiro atoms. The fourth-order valence-corrected chi connectivity index (χ4v) is 4.58. The third-order valence-electron chi connectivity index (χ3n) is 6.83. The van der Waals surface area contributed by atoms with Crippen LogP contribution in [0.15, 0.2) is 23.8 Å². The van der Waals surface area contributed by atoms with Crippen LogP contribution in [0.1, 0.15) is 57.4 Å². The number of pyridine rings is 1. The van der Waals surface area contributed by atoms with Crippen molar-refractivity contribution in [2.24, 2.45) is 27.7 Å². The summed E-state index contributed by atoms with van der Waals surface area (Å²) in [6.07, 6.45) is 5.94. The van der Waals surface area contributed by atoms with Gasteiger partial charge in [0.25, 0.3) is 0 Å². The summed E-state index contributed by atoms with van der Waals surface area (Å²) in [5.74, 6) is 0.556. The highest BCUT2D eigenvalue weighted by atomic mass is 16.1. The fourth-order valence-electron chi connectivity index (χ4n) is 4.58. The molecule has 0 amide bonds. The third kappa shape index (κ3) is 2.37. The molecule has 3 unspecified atom stereocenters. The van der Waals surface area contributed by atoms with Gasteiger partial charge in [0.2, 0.25) is 0 Å². The number of rotatable bonds is 4. The molecule has 24 heavy (non-hydrogen) atoms. The summed E-state index contributed by atoms with van der Waals surface area (Å²) in [5, 5.41) is 0. The molecule has 1 aromatic rings. The van der Waals surface area contributed by atoms with Gasteiger partial charge in [0.1, 0.15) is 5.78 Å². The lowest BCUT2D eigenvalue weighted by atomic mass is 9.67. The fraction of sp³-hybridized carbons (Fsp3) is 0.571. The number of aliphatic imine (C=N–C) groups is 1. The van der Waals surface area contributed by atoms with E-state index in [1.807, 2.05) is 26.3 Å². The van der Waals surface area contributed by atoms with E-state index in [1.165, 1.54) is 0 Å². The second-order valence-corrected chi connectivity index (χ2v) is 8.35. The SMILES string of the molecule is C=C(C)c1cnc(C)c(CN=CC2C(=O)C3CCC2(C)C3(C)C)c1. The summed E-state index contributed by atoms with van der Waals surface area (Å²) in [5.41, 5.74) is 4.28. The molecular formula is C21H28N2O. The highest BCUT2D eigenvalue weighted by Crippen LogP contribution is 2.65. The Morgan fingerprint density at radius 3 is 2.75 bits per heavy atom. The molecule has 3 heteroatoms. The number of nitrogens with zero attached hydrogens (tertiary/aromatic N) is 2. The smallest absolute Gasteiger partial charge is 0.145 e. The van der Waals surface area contributed by atoms with Crippen LogP contribution < -0.4 is 0 Å². The maximum absolute atomic E-state index is 12.7. The van der Waals surface area contributed by atoms with Gasteiger partial charge in [0.05, 0.1) is 12.5 Å². The zero-order valence-corrected chi connectivity index (χ0v) is 15.5. The van der Waals surface area contributed by atoms with Gasteiger partial charge in [-0.1, -0.05) is 27.4 Å². The van der Waals surface area contributed by atoms with Gasteiger partial charge < -0.3 is 0 Å². The molecule has 0 saturated heterocycles. The van der Waals surface area contributed by atoms with Gasteiger partial charge in [-0.2, -0.15) is 0 Å². The number of aromatic nitrogens is 1. The summed E-state index contributed by atoms with van der Waals surface area (Å²) >= 11 is 0. The molecule has 0 aromatic carbocycles. The van der Waals surface area contributed by atoms with Gasteiger partial charge in [-0.3, -0.25) is 14.8 Å². The van der Waals surface area contributed by atoms with Crippen molar-refractivity contribution in [1.29, 1.82) is 0 Å². The zero-order valence-electron chi connectivity index (χ0n) is 15.5. The van der Waals surface area contributed by atoms with E-state index in [-0.39, 0.29) is 22.7 Å². The highest BCUT2D eigenvalue weighted by molar-refractivity contribution is 6.01. The van der Waals surface area contributed by atoms with Crippen molar-refractivity contribution in [2.45, 2.75) is 54.0 Å². The predicted octanol–water partition coefficient (Wildman–Crippen LogP) is 4.64. The zero-order chi connectivity index (χ0) is 17.7. The average Bonchev–Trinajstić information content (AvgIpc) is 2.81. The quantitative estimate of drug-likeness (QED) is 0.757. The number of carbonyl (C=O) groups is 1. The highest BCUT2D eigenvalue weighted by Gasteiger charge is 2.65. The molecule has 3 rings (SSSR count). The topological polar surface area (TPSA) is 42.3 Å². The molecule has 0 N–H and O–H groups in total. The molecule has 2 aliphatic carbocycles. The van der Waals surface area contributed by atoms with Crippen LogP contribution in [0.4, 0.5) is 0 Å². The average molecular weight is 324 g/mol. The van der Waals surface area contributed by atoms with Gasteiger partial charge in [0, 0.05) is 24.0 Å². The second kappa shape index (κ2) is 5.65. The van der Waals surface area contributed by atoms with E-state index in [0.717, 1.165) is 35.2 Å². The Balaban J connectivity index is 1.80. The molecule has 128 valence electrons. The largest absolute Gasteiger partial charge is 0.299 e. The lowest BCUT2D eigenvalue weighted by Gasteiger charge is -2.36. The standard InChI is InChI=1S/C21H28N2O/c1-13(2)15-9-16(14(3)23-11-15)10-22-12-18-19(24)17-7-8-21(18,6)20(17,4)5/h9,11-12,17-18H,1,7-8,10H2,2-6H3. The van der Waals surface area contributed by atoms with Crippen molar-refractivity contribution in [1.82, 2.24) is 4.98 Å². The number of hydrogen-bond acceptors (Lipinski definition) is 3. The van der Waals surface area contributed by atoms with Gasteiger partial charge in [0.15, 0.2) is 0 Å². The van der Waals surface area contributed by atoms with Crippen molar-refractivity contribution < 1.29 is 4.79 Å². The number of Topliss-reactive ketones (excluding diaryl/α,β-unsaturated/α-hetero) is 1. The predicted molar refractivity (Wildman–Crippen MR) is 99.0 cm³/mol. The lowest BCUT2D eigenvalue weighted by molar-refractivity contribution is -0.124. The second-order valence-electron chi connectivity index (χ2n) is 8.35. The molecule has 1 aromatic heterocycles. The number of carbonyl (C=O) groups excluding carboxylic acids is 1. The first-order valence-electron chi connectivity index (χ1n) is 8.83. The molecule has 2 aliphatic rings. The van der Waals surface area contributed by atoms with Crippen LogP contribution in [0.25, 0.3) is 5.57 Å². The van der Waals surface area contributed by atoms with Crippen molar-refractivity contribution >= 4 is 17.6 Å². The Kier molecular flexibility index (Phi) is 4.01. The van der Waals surface area contributed by atoms with Crippen molar-refractivity contribution in [3.8, 4) is 0 Å². The minimum Gasteiger partial charge on any atom is -0.299 e. The van der Waals surface area contributed by atoms with Gasteiger partial charge in [-0.15, -0.1) is 0 Å². The summed E-state index contributed by atoms with van der Waals surface area (Å²) in [7, 11) is 0. The van der Waals surface area contributed by atoms with E-state index in [9.17, 15) is 4.79 Å². The van der Waals surface area contributed by atoms with Crippen molar-refractivity contribution in [2.75, 3.05) is 0 Å². The van der Waals surface area contributed by atoms with E-state index in [2.05, 4.69) is 43.4 Å². The first-order valence-corrected chi connectivity index (χ1v) is 8.83. The Bertz CT molecular complexity index is 731. The lowest BCUT2D eigenvalue weighted by Crippen LogP contribution is -2.34. The maximum atomic E-state index is 12.7. The molecule has 0 aliphatic heterocycles. The molecule has 3 nitrogen and oxygen atoms in total. The van der Waals surface area contributed by atoms with E-state index >= 15 is 0 Å². The molecule has 3 atom stereocenters. The molecule has 0 radical (unpaired) electrons. The number of aryl methyl sites for hydroxylation is 1. The van der Waals surface area contributed by atoms with Crippen LogP contribution in [-0.2, 0) is 11.3 Å². The van der Waals surface area contributed by atoms with Crippen LogP contribution in [0, 0.1) is 29.6 Å². The number of hydrogen-bond donors (Lipinski definition) is 0. The Hall–Kier alpha value is -1.77. The normalized spacial score (nSPS) is 31.1. The number of ketones is 1. The summed E-state index contributed by atoms with van der Waals surface area (Å²) in [6, 6.07) is 2.11. The van der Waals surface area contributed by atoms with Gasteiger partial charge >= 0.3 is 0 Å². The van der Waals surface area contributed by atoms with Crippen LogP contribution in [0.3, 0.4) is 0 Å². The van der Waals surface area contributed by atoms with E-state index < -0.39 is 0 Å². The Morgan fingerprint density at radius 1 is 1.46 bits per heavy atom. The van der Waals surface area contributed by atoms with Gasteiger partial charge in [-0.05, 0) is 60.3 Å². The first-order chi connectivity index (χ1) is 11.2.